The fourth-order valence-corrected chi connectivity index (χ4v) is 2.90. The first-order valence-corrected chi connectivity index (χ1v) is 7.14. The highest BCUT2D eigenvalue weighted by Crippen LogP contribution is 2.34. The van der Waals surface area contributed by atoms with Gasteiger partial charge in [0.25, 0.3) is 0 Å². The first kappa shape index (κ1) is 13.4. The van der Waals surface area contributed by atoms with E-state index in [1.165, 1.54) is 0 Å². The zero-order valence-electron chi connectivity index (χ0n) is 12.0. The van der Waals surface area contributed by atoms with Crippen LogP contribution in [0.5, 0.6) is 5.75 Å². The number of fused-ring (bicyclic) bond motifs is 1. The Kier molecular flexibility index (Phi) is 3.63. The van der Waals surface area contributed by atoms with E-state index in [0.717, 1.165) is 42.9 Å². The standard InChI is InChI=1S/C15H21N3O2/c1-16-14-12-4-3-11(9-13(12)17-15(14)19)20-10-5-7-18(2)8-6-10/h3-4,9-10,14,16H,5-8H2,1-2H3,(H,17,19). The minimum absolute atomic E-state index is 0.000980. The summed E-state index contributed by atoms with van der Waals surface area (Å²) in [4.78, 5) is 14.1. The molecule has 0 aromatic heterocycles. The summed E-state index contributed by atoms with van der Waals surface area (Å²) < 4.78 is 6.03. The summed E-state index contributed by atoms with van der Waals surface area (Å²) in [6, 6.07) is 5.62. The van der Waals surface area contributed by atoms with Gasteiger partial charge in [0.15, 0.2) is 0 Å². The first-order valence-electron chi connectivity index (χ1n) is 7.14. The summed E-state index contributed by atoms with van der Waals surface area (Å²) in [5, 5.41) is 5.91. The molecule has 1 aromatic carbocycles. The molecular formula is C15H21N3O2. The van der Waals surface area contributed by atoms with E-state index in [4.69, 9.17) is 4.74 Å². The molecule has 20 heavy (non-hydrogen) atoms. The maximum Gasteiger partial charge on any atom is 0.246 e. The SMILES string of the molecule is CNC1C(=O)Nc2cc(OC3CCN(C)CC3)ccc21. The van der Waals surface area contributed by atoms with Gasteiger partial charge in [-0.3, -0.25) is 4.79 Å². The molecule has 2 N–H and O–H groups in total. The third-order valence-corrected chi connectivity index (χ3v) is 4.11. The number of likely N-dealkylation sites (tertiary alicyclic amines) is 1. The number of likely N-dealkylation sites (N-methyl/N-ethyl adjacent to an activating group) is 1. The number of benzene rings is 1. The number of hydrogen-bond acceptors (Lipinski definition) is 4. The lowest BCUT2D eigenvalue weighted by Crippen LogP contribution is -2.35. The molecule has 2 heterocycles. The van der Waals surface area contributed by atoms with Crippen LogP contribution in [-0.4, -0.2) is 44.1 Å². The van der Waals surface area contributed by atoms with Gasteiger partial charge in [-0.2, -0.15) is 0 Å². The second-order valence-corrected chi connectivity index (χ2v) is 5.58. The van der Waals surface area contributed by atoms with Crippen LogP contribution >= 0.6 is 0 Å². The number of nitrogens with one attached hydrogen (secondary N) is 2. The largest absolute Gasteiger partial charge is 0.490 e. The summed E-state index contributed by atoms with van der Waals surface area (Å²) in [6.07, 6.45) is 2.39. The van der Waals surface area contributed by atoms with Gasteiger partial charge in [-0.1, -0.05) is 6.07 Å². The predicted octanol–water partition coefficient (Wildman–Crippen LogP) is 1.37. The summed E-state index contributed by atoms with van der Waals surface area (Å²) in [5.74, 6) is 0.842. The quantitative estimate of drug-likeness (QED) is 0.875. The highest BCUT2D eigenvalue weighted by atomic mass is 16.5. The van der Waals surface area contributed by atoms with Crippen molar-refractivity contribution >= 4 is 11.6 Å². The monoisotopic (exact) mass is 275 g/mol. The molecule has 2 aliphatic heterocycles. The maximum atomic E-state index is 11.8. The van der Waals surface area contributed by atoms with Gasteiger partial charge in [0.05, 0.1) is 0 Å². The van der Waals surface area contributed by atoms with Gasteiger partial charge in [0.2, 0.25) is 5.91 Å². The number of hydrogen-bond donors (Lipinski definition) is 2. The third-order valence-electron chi connectivity index (χ3n) is 4.11. The molecular weight excluding hydrogens is 254 g/mol. The number of rotatable bonds is 3. The maximum absolute atomic E-state index is 11.8. The van der Waals surface area contributed by atoms with E-state index in [1.54, 1.807) is 7.05 Å². The van der Waals surface area contributed by atoms with Crippen molar-refractivity contribution < 1.29 is 9.53 Å². The molecule has 0 aliphatic carbocycles. The number of piperidine rings is 1. The fraction of sp³-hybridized carbons (Fsp3) is 0.533. The van der Waals surface area contributed by atoms with Crippen molar-refractivity contribution in [1.29, 1.82) is 0 Å². The first-order chi connectivity index (χ1) is 9.67. The molecule has 108 valence electrons. The summed E-state index contributed by atoms with van der Waals surface area (Å²) in [6.45, 7) is 2.16. The normalized spacial score (nSPS) is 23.5. The van der Waals surface area contributed by atoms with E-state index >= 15 is 0 Å². The highest BCUT2D eigenvalue weighted by molar-refractivity contribution is 6.02. The molecule has 0 saturated carbocycles. The average Bonchev–Trinajstić information content (AvgIpc) is 2.76. The van der Waals surface area contributed by atoms with Crippen LogP contribution in [0.3, 0.4) is 0 Å². The number of ether oxygens (including phenoxy) is 1. The molecule has 5 nitrogen and oxygen atoms in total. The van der Waals surface area contributed by atoms with Crippen LogP contribution in [0.4, 0.5) is 5.69 Å². The van der Waals surface area contributed by atoms with Gasteiger partial charge in [0, 0.05) is 30.4 Å². The van der Waals surface area contributed by atoms with Gasteiger partial charge in [0.1, 0.15) is 17.9 Å². The zero-order valence-corrected chi connectivity index (χ0v) is 12.0. The lowest BCUT2D eigenvalue weighted by atomic mass is 10.1. The van der Waals surface area contributed by atoms with E-state index in [-0.39, 0.29) is 18.1 Å². The van der Waals surface area contributed by atoms with E-state index in [9.17, 15) is 4.79 Å². The van der Waals surface area contributed by atoms with Crippen molar-refractivity contribution in [3.63, 3.8) is 0 Å². The Morgan fingerprint density at radius 2 is 2.10 bits per heavy atom. The Bertz CT molecular complexity index is 510. The van der Waals surface area contributed by atoms with Crippen molar-refractivity contribution in [2.45, 2.75) is 25.0 Å². The van der Waals surface area contributed by atoms with Gasteiger partial charge in [-0.15, -0.1) is 0 Å². The van der Waals surface area contributed by atoms with Crippen LogP contribution in [-0.2, 0) is 4.79 Å². The topological polar surface area (TPSA) is 53.6 Å². The number of nitrogens with zero attached hydrogens (tertiary/aromatic N) is 1. The summed E-state index contributed by atoms with van der Waals surface area (Å²) in [5.41, 5.74) is 1.85. The molecule has 5 heteroatoms. The Morgan fingerprint density at radius 3 is 2.80 bits per heavy atom. The molecule has 1 saturated heterocycles. The van der Waals surface area contributed by atoms with E-state index in [2.05, 4.69) is 22.6 Å². The molecule has 1 fully saturated rings. The molecule has 1 unspecified atom stereocenters. The van der Waals surface area contributed by atoms with Crippen molar-refractivity contribution in [3.8, 4) is 5.75 Å². The lowest BCUT2D eigenvalue weighted by Gasteiger charge is -2.29. The highest BCUT2D eigenvalue weighted by Gasteiger charge is 2.29. The predicted molar refractivity (Wildman–Crippen MR) is 78.0 cm³/mol. The molecule has 1 amide bonds. The number of carbonyl (C=O) groups excluding carboxylic acids is 1. The molecule has 3 rings (SSSR count). The van der Waals surface area contributed by atoms with Crippen molar-refractivity contribution in [1.82, 2.24) is 10.2 Å². The van der Waals surface area contributed by atoms with Crippen LogP contribution in [0.2, 0.25) is 0 Å². The van der Waals surface area contributed by atoms with E-state index in [1.807, 2.05) is 18.2 Å². The average molecular weight is 275 g/mol. The minimum Gasteiger partial charge on any atom is -0.490 e. The summed E-state index contributed by atoms with van der Waals surface area (Å²) >= 11 is 0. The molecule has 0 spiro atoms. The van der Waals surface area contributed by atoms with Crippen molar-refractivity contribution in [2.75, 3.05) is 32.5 Å². The molecule has 1 aromatic rings. The third kappa shape index (κ3) is 2.51. The number of anilines is 1. The van der Waals surface area contributed by atoms with Crippen LogP contribution in [0.1, 0.15) is 24.4 Å². The second kappa shape index (κ2) is 5.42. The summed E-state index contributed by atoms with van der Waals surface area (Å²) in [7, 11) is 3.93. The smallest absolute Gasteiger partial charge is 0.246 e. The molecule has 1 atom stereocenters. The van der Waals surface area contributed by atoms with Gasteiger partial charge >= 0.3 is 0 Å². The van der Waals surface area contributed by atoms with Crippen LogP contribution in [0.25, 0.3) is 0 Å². The van der Waals surface area contributed by atoms with Crippen molar-refractivity contribution in [2.24, 2.45) is 0 Å². The van der Waals surface area contributed by atoms with Crippen molar-refractivity contribution in [3.05, 3.63) is 23.8 Å². The lowest BCUT2D eigenvalue weighted by molar-refractivity contribution is -0.117. The van der Waals surface area contributed by atoms with Crippen LogP contribution in [0.15, 0.2) is 18.2 Å². The minimum atomic E-state index is -0.248. The number of amides is 1. The van der Waals surface area contributed by atoms with E-state index < -0.39 is 0 Å². The van der Waals surface area contributed by atoms with Gasteiger partial charge in [-0.05, 0) is 33.0 Å². The Balaban J connectivity index is 1.71. The Hall–Kier alpha value is -1.59. The molecule has 2 aliphatic rings. The molecule has 0 bridgehead atoms. The van der Waals surface area contributed by atoms with Gasteiger partial charge in [-0.25, -0.2) is 0 Å². The van der Waals surface area contributed by atoms with Crippen LogP contribution in [0, 0.1) is 0 Å². The number of carbonyl (C=O) groups is 1. The van der Waals surface area contributed by atoms with Gasteiger partial charge < -0.3 is 20.3 Å². The molecule has 0 radical (unpaired) electrons. The zero-order chi connectivity index (χ0) is 14.1. The van der Waals surface area contributed by atoms with E-state index in [0.29, 0.717) is 0 Å². The fourth-order valence-electron chi connectivity index (χ4n) is 2.90. The Morgan fingerprint density at radius 1 is 1.35 bits per heavy atom. The van der Waals surface area contributed by atoms with Crippen LogP contribution < -0.4 is 15.4 Å². The second-order valence-electron chi connectivity index (χ2n) is 5.58. The Labute approximate surface area is 119 Å².